The molecule has 1 rings (SSSR count). The normalized spacial score (nSPS) is 10.4. The van der Waals surface area contributed by atoms with Crippen LogP contribution in [0.25, 0.3) is 0 Å². The van der Waals surface area contributed by atoms with Crippen molar-refractivity contribution in [3.8, 4) is 0 Å². The van der Waals surface area contributed by atoms with Crippen molar-refractivity contribution in [1.29, 1.82) is 0 Å². The molecule has 2 N–H and O–H groups in total. The van der Waals surface area contributed by atoms with Gasteiger partial charge in [-0.3, -0.25) is 0 Å². The molecule has 106 valence electrons. The molecular formula is C14H21NO4. The summed E-state index contributed by atoms with van der Waals surface area (Å²) in [5.41, 5.74) is 7.71. The van der Waals surface area contributed by atoms with Gasteiger partial charge in [-0.1, -0.05) is 0 Å². The molecule has 5 heteroatoms. The molecule has 0 radical (unpaired) electrons. The third kappa shape index (κ3) is 5.72. The lowest BCUT2D eigenvalue weighted by molar-refractivity contribution is 0.0164. The number of aryl methyl sites for hydroxylation is 1. The largest absolute Gasteiger partial charge is 0.460 e. The van der Waals surface area contributed by atoms with E-state index in [1.807, 2.05) is 13.8 Å². The number of rotatable bonds is 8. The van der Waals surface area contributed by atoms with Crippen LogP contribution in [0, 0.1) is 6.92 Å². The summed E-state index contributed by atoms with van der Waals surface area (Å²) in [6, 6.07) is 5.07. The zero-order chi connectivity index (χ0) is 14.1. The van der Waals surface area contributed by atoms with Crippen LogP contribution in [0.5, 0.6) is 0 Å². The fraction of sp³-hybridized carbons (Fsp3) is 0.500. The minimum absolute atomic E-state index is 0.231. The average Bonchev–Trinajstić information content (AvgIpc) is 2.40. The van der Waals surface area contributed by atoms with Gasteiger partial charge in [0.15, 0.2) is 0 Å². The van der Waals surface area contributed by atoms with Gasteiger partial charge in [-0.05, 0) is 37.6 Å². The van der Waals surface area contributed by atoms with Crippen molar-refractivity contribution in [3.05, 3.63) is 29.3 Å². The van der Waals surface area contributed by atoms with Crippen molar-refractivity contribution in [2.45, 2.75) is 13.8 Å². The first-order valence-electron chi connectivity index (χ1n) is 6.34. The highest BCUT2D eigenvalue weighted by Gasteiger charge is 2.07. The van der Waals surface area contributed by atoms with E-state index in [0.717, 1.165) is 5.56 Å². The molecular weight excluding hydrogens is 246 g/mol. The second-order valence-electron chi connectivity index (χ2n) is 4.02. The molecule has 1 aromatic rings. The predicted octanol–water partition coefficient (Wildman–Crippen LogP) is 1.79. The van der Waals surface area contributed by atoms with Crippen molar-refractivity contribution in [2.24, 2.45) is 0 Å². The van der Waals surface area contributed by atoms with Crippen molar-refractivity contribution < 1.29 is 19.0 Å². The lowest BCUT2D eigenvalue weighted by atomic mass is 10.1. The van der Waals surface area contributed by atoms with Crippen LogP contribution in [-0.4, -0.2) is 39.0 Å². The number of nitrogens with two attached hydrogens (primary N) is 1. The van der Waals surface area contributed by atoms with Gasteiger partial charge in [0.25, 0.3) is 0 Å². The number of ether oxygens (including phenoxy) is 3. The van der Waals surface area contributed by atoms with Crippen LogP contribution >= 0.6 is 0 Å². The van der Waals surface area contributed by atoms with Gasteiger partial charge in [-0.2, -0.15) is 0 Å². The minimum atomic E-state index is -0.364. The molecule has 0 amide bonds. The maximum Gasteiger partial charge on any atom is 0.338 e. The van der Waals surface area contributed by atoms with E-state index in [2.05, 4.69) is 0 Å². The molecule has 0 heterocycles. The van der Waals surface area contributed by atoms with E-state index < -0.39 is 0 Å². The van der Waals surface area contributed by atoms with Crippen molar-refractivity contribution >= 4 is 11.7 Å². The number of nitrogen functional groups attached to an aromatic ring is 1. The standard InChI is InChI=1S/C14H21NO4/c1-3-17-6-7-18-8-9-19-14(16)12-4-5-13(15)11(2)10-12/h4-5,10H,3,6-9,15H2,1-2H3. The smallest absolute Gasteiger partial charge is 0.338 e. The molecule has 0 aliphatic rings. The molecule has 19 heavy (non-hydrogen) atoms. The van der Waals surface area contributed by atoms with Crippen molar-refractivity contribution in [3.63, 3.8) is 0 Å². The zero-order valence-corrected chi connectivity index (χ0v) is 11.5. The zero-order valence-electron chi connectivity index (χ0n) is 11.5. The molecule has 0 aliphatic carbocycles. The highest BCUT2D eigenvalue weighted by Crippen LogP contribution is 2.13. The third-order valence-electron chi connectivity index (χ3n) is 2.54. The van der Waals surface area contributed by atoms with E-state index in [1.165, 1.54) is 0 Å². The second kappa shape index (κ2) is 8.50. The summed E-state index contributed by atoms with van der Waals surface area (Å²) >= 11 is 0. The van der Waals surface area contributed by atoms with Gasteiger partial charge in [0.05, 0.1) is 25.4 Å². The molecule has 0 atom stereocenters. The Morgan fingerprint density at radius 1 is 1.16 bits per heavy atom. The Balaban J connectivity index is 2.22. The van der Waals surface area contributed by atoms with Gasteiger partial charge < -0.3 is 19.9 Å². The van der Waals surface area contributed by atoms with Gasteiger partial charge >= 0.3 is 5.97 Å². The van der Waals surface area contributed by atoms with Crippen LogP contribution in [0.4, 0.5) is 5.69 Å². The third-order valence-corrected chi connectivity index (χ3v) is 2.54. The first-order chi connectivity index (χ1) is 9.15. The maximum atomic E-state index is 11.7. The van der Waals surface area contributed by atoms with Crippen LogP contribution in [0.3, 0.4) is 0 Å². The highest BCUT2D eigenvalue weighted by atomic mass is 16.6. The van der Waals surface area contributed by atoms with Gasteiger partial charge in [0.2, 0.25) is 0 Å². The second-order valence-corrected chi connectivity index (χ2v) is 4.02. The molecule has 0 aromatic heterocycles. The SMILES string of the molecule is CCOCCOCCOC(=O)c1ccc(N)c(C)c1. The maximum absolute atomic E-state index is 11.7. The molecule has 0 spiro atoms. The first-order valence-corrected chi connectivity index (χ1v) is 6.34. The Kier molecular flexibility index (Phi) is 6.92. The Bertz CT molecular complexity index is 406. The van der Waals surface area contributed by atoms with Gasteiger partial charge in [-0.15, -0.1) is 0 Å². The van der Waals surface area contributed by atoms with Crippen molar-refractivity contribution in [1.82, 2.24) is 0 Å². The summed E-state index contributed by atoms with van der Waals surface area (Å²) in [4.78, 5) is 11.7. The summed E-state index contributed by atoms with van der Waals surface area (Å²) in [7, 11) is 0. The molecule has 0 saturated heterocycles. The van der Waals surface area contributed by atoms with E-state index in [1.54, 1.807) is 18.2 Å². The van der Waals surface area contributed by atoms with Gasteiger partial charge in [-0.25, -0.2) is 4.79 Å². The van der Waals surface area contributed by atoms with Crippen LogP contribution in [0.1, 0.15) is 22.8 Å². The van der Waals surface area contributed by atoms with E-state index in [-0.39, 0.29) is 12.6 Å². The Morgan fingerprint density at radius 2 is 1.84 bits per heavy atom. The average molecular weight is 267 g/mol. The number of benzene rings is 1. The Hall–Kier alpha value is -1.59. The molecule has 1 aromatic carbocycles. The fourth-order valence-corrected chi connectivity index (χ4v) is 1.44. The molecule has 0 saturated carbocycles. The molecule has 0 aliphatic heterocycles. The fourth-order valence-electron chi connectivity index (χ4n) is 1.44. The number of esters is 1. The van der Waals surface area contributed by atoms with Crippen LogP contribution in [0.15, 0.2) is 18.2 Å². The molecule has 0 unspecified atom stereocenters. The summed E-state index contributed by atoms with van der Waals surface area (Å²) in [5.74, 6) is -0.364. The van der Waals surface area contributed by atoms with Crippen LogP contribution < -0.4 is 5.73 Å². The summed E-state index contributed by atoms with van der Waals surface area (Å²) in [5, 5.41) is 0. The number of anilines is 1. The number of carbonyl (C=O) groups is 1. The predicted molar refractivity (Wildman–Crippen MR) is 73.2 cm³/mol. The lowest BCUT2D eigenvalue weighted by Crippen LogP contribution is -2.13. The molecule has 5 nitrogen and oxygen atoms in total. The Labute approximate surface area is 113 Å². The highest BCUT2D eigenvalue weighted by molar-refractivity contribution is 5.90. The van der Waals surface area contributed by atoms with E-state index in [0.29, 0.717) is 37.7 Å². The van der Waals surface area contributed by atoms with Crippen LogP contribution in [0.2, 0.25) is 0 Å². The van der Waals surface area contributed by atoms with E-state index >= 15 is 0 Å². The van der Waals surface area contributed by atoms with E-state index in [4.69, 9.17) is 19.9 Å². The van der Waals surface area contributed by atoms with Gasteiger partial charge in [0, 0.05) is 12.3 Å². The minimum Gasteiger partial charge on any atom is -0.460 e. The van der Waals surface area contributed by atoms with Crippen LogP contribution in [-0.2, 0) is 14.2 Å². The Morgan fingerprint density at radius 3 is 2.53 bits per heavy atom. The first kappa shape index (κ1) is 15.5. The summed E-state index contributed by atoms with van der Waals surface area (Å²) in [6.07, 6.45) is 0. The van der Waals surface area contributed by atoms with Gasteiger partial charge in [0.1, 0.15) is 6.61 Å². The quantitative estimate of drug-likeness (QED) is 0.441. The number of carbonyl (C=O) groups excluding carboxylic acids is 1. The summed E-state index contributed by atoms with van der Waals surface area (Å²) < 4.78 is 15.4. The molecule has 0 fully saturated rings. The topological polar surface area (TPSA) is 70.8 Å². The van der Waals surface area contributed by atoms with E-state index in [9.17, 15) is 4.79 Å². The number of hydrogen-bond acceptors (Lipinski definition) is 5. The lowest BCUT2D eigenvalue weighted by Gasteiger charge is -2.07. The summed E-state index contributed by atoms with van der Waals surface area (Å²) in [6.45, 7) is 6.11. The molecule has 0 bridgehead atoms. The van der Waals surface area contributed by atoms with Crippen molar-refractivity contribution in [2.75, 3.05) is 38.8 Å². The number of hydrogen-bond donors (Lipinski definition) is 1. The monoisotopic (exact) mass is 267 g/mol.